The van der Waals surface area contributed by atoms with Gasteiger partial charge in [0.05, 0.1) is 17.1 Å². The number of para-hydroxylation sites is 2. The molecular weight excluding hydrogens is 388 g/mol. The average molecular weight is 413 g/mol. The predicted octanol–water partition coefficient (Wildman–Crippen LogP) is 2.97. The molecule has 9 nitrogen and oxygen atoms in total. The quantitative estimate of drug-likeness (QED) is 0.448. The van der Waals surface area contributed by atoms with Gasteiger partial charge in [0.25, 0.3) is 0 Å². The van der Waals surface area contributed by atoms with Gasteiger partial charge >= 0.3 is 5.97 Å². The van der Waals surface area contributed by atoms with Crippen molar-refractivity contribution in [2.24, 2.45) is 0 Å². The highest BCUT2D eigenvalue weighted by molar-refractivity contribution is 5.77. The van der Waals surface area contributed by atoms with Gasteiger partial charge in [-0.25, -0.2) is 4.68 Å². The summed E-state index contributed by atoms with van der Waals surface area (Å²) in [6.45, 7) is 3.80. The van der Waals surface area contributed by atoms with Crippen molar-refractivity contribution in [2.75, 3.05) is 5.23 Å². The number of carboxylic acid groups (broad SMARTS) is 1. The van der Waals surface area contributed by atoms with Crippen molar-refractivity contribution in [3.05, 3.63) is 58.6 Å². The predicted molar refractivity (Wildman–Crippen MR) is 111 cm³/mol. The molecule has 160 valence electrons. The lowest BCUT2D eigenvalue weighted by molar-refractivity contribution is -0.137. The van der Waals surface area contributed by atoms with E-state index in [4.69, 9.17) is 5.11 Å². The lowest BCUT2D eigenvalue weighted by Gasteiger charge is -2.24. The van der Waals surface area contributed by atoms with Gasteiger partial charge in [-0.05, 0) is 38.8 Å². The highest BCUT2D eigenvalue weighted by Gasteiger charge is 2.27. The van der Waals surface area contributed by atoms with Gasteiger partial charge in [0, 0.05) is 36.1 Å². The van der Waals surface area contributed by atoms with E-state index in [2.05, 4.69) is 10.4 Å². The van der Waals surface area contributed by atoms with E-state index in [0.29, 0.717) is 18.5 Å². The molecule has 1 aliphatic rings. The molecular formula is C21H25N4O5-. The summed E-state index contributed by atoms with van der Waals surface area (Å²) >= 11 is 0. The van der Waals surface area contributed by atoms with Crippen molar-refractivity contribution < 1.29 is 19.9 Å². The smallest absolute Gasteiger partial charge is 0.303 e. The second kappa shape index (κ2) is 9.10. The van der Waals surface area contributed by atoms with Gasteiger partial charge in [0.15, 0.2) is 0 Å². The molecule has 1 aliphatic carbocycles. The van der Waals surface area contributed by atoms with E-state index in [1.807, 2.05) is 26.0 Å². The van der Waals surface area contributed by atoms with E-state index >= 15 is 0 Å². The molecule has 1 amide bonds. The largest absolute Gasteiger partial charge is 0.733 e. The summed E-state index contributed by atoms with van der Waals surface area (Å²) in [7, 11) is 0. The van der Waals surface area contributed by atoms with Crippen LogP contribution in [0, 0.1) is 19.1 Å². The summed E-state index contributed by atoms with van der Waals surface area (Å²) in [4.78, 5) is 22.6. The fourth-order valence-corrected chi connectivity index (χ4v) is 3.93. The van der Waals surface area contributed by atoms with Gasteiger partial charge in [-0.2, -0.15) is 5.10 Å². The molecule has 1 aromatic carbocycles. The topological polar surface area (TPSA) is 131 Å². The summed E-state index contributed by atoms with van der Waals surface area (Å²) in [5.41, 5.74) is 3.25. The van der Waals surface area contributed by atoms with Gasteiger partial charge in [-0.15, -0.1) is 0 Å². The molecule has 9 heteroatoms. The minimum atomic E-state index is -0.908. The first-order valence-electron chi connectivity index (χ1n) is 9.79. The number of allylic oxidation sites excluding steroid dienone is 1. The zero-order chi connectivity index (χ0) is 21.8. The summed E-state index contributed by atoms with van der Waals surface area (Å²) in [5, 5.41) is 36.9. The highest BCUT2D eigenvalue weighted by Crippen LogP contribution is 2.35. The fourth-order valence-electron chi connectivity index (χ4n) is 3.93. The van der Waals surface area contributed by atoms with Crippen LogP contribution in [-0.4, -0.2) is 38.0 Å². The lowest BCUT2D eigenvalue weighted by atomic mass is 9.96. The van der Waals surface area contributed by atoms with Gasteiger partial charge in [-0.3, -0.25) is 14.8 Å². The monoisotopic (exact) mass is 413 g/mol. The number of benzene rings is 1. The number of aryl methyl sites for hydroxylation is 1. The molecule has 1 heterocycles. The Balaban J connectivity index is 1.72. The van der Waals surface area contributed by atoms with Crippen molar-refractivity contribution >= 4 is 17.6 Å². The van der Waals surface area contributed by atoms with Crippen LogP contribution in [0.25, 0.3) is 5.69 Å². The van der Waals surface area contributed by atoms with E-state index in [-0.39, 0.29) is 41.6 Å². The van der Waals surface area contributed by atoms with Crippen LogP contribution in [0.5, 0.6) is 0 Å². The maximum Gasteiger partial charge on any atom is 0.303 e. The first-order valence-corrected chi connectivity index (χ1v) is 9.79. The van der Waals surface area contributed by atoms with Crippen molar-refractivity contribution in [3.8, 4) is 5.69 Å². The number of carbonyl (C=O) groups is 2. The molecule has 1 aromatic heterocycles. The molecule has 0 saturated heterocycles. The van der Waals surface area contributed by atoms with Crippen LogP contribution in [0.15, 0.2) is 36.4 Å². The van der Waals surface area contributed by atoms with E-state index < -0.39 is 5.97 Å². The number of hydrogen-bond acceptors (Lipinski definition) is 6. The van der Waals surface area contributed by atoms with Crippen LogP contribution in [0.2, 0.25) is 0 Å². The molecule has 0 bridgehead atoms. The Bertz CT molecular complexity index is 966. The van der Waals surface area contributed by atoms with E-state index in [0.717, 1.165) is 17.0 Å². The molecule has 3 rings (SSSR count). The summed E-state index contributed by atoms with van der Waals surface area (Å²) in [6.07, 6.45) is 5.12. The third kappa shape index (κ3) is 4.69. The lowest BCUT2D eigenvalue weighted by Crippen LogP contribution is -2.32. The zero-order valence-electron chi connectivity index (χ0n) is 16.9. The average Bonchev–Trinajstić information content (AvgIpc) is 3.24. The molecule has 0 radical (unpaired) electrons. The molecule has 0 fully saturated rings. The standard InChI is InChI=1S/C21H25N4O5/c1-13-21(14(2)24(23-13)17-6-3-4-7-18(17)25(29)30)15-10-11-16(12-15)22-19(26)8-5-9-20(27)28/h3-4,6-7,10-11,15-16,29H,5,8-9,12H2,1-2H3,(H,22,26)(H,27,28)/q-1/t15-,16+/m0/s1. The van der Waals surface area contributed by atoms with Crippen molar-refractivity contribution in [3.63, 3.8) is 0 Å². The van der Waals surface area contributed by atoms with Gasteiger partial charge in [0.1, 0.15) is 0 Å². The van der Waals surface area contributed by atoms with E-state index in [1.54, 1.807) is 22.9 Å². The zero-order valence-corrected chi connectivity index (χ0v) is 16.9. The first-order chi connectivity index (χ1) is 14.3. The number of aliphatic carboxylic acids is 1. The van der Waals surface area contributed by atoms with Crippen LogP contribution >= 0.6 is 0 Å². The summed E-state index contributed by atoms with van der Waals surface area (Å²) in [6, 6.07) is 6.53. The second-order valence-corrected chi connectivity index (χ2v) is 7.41. The van der Waals surface area contributed by atoms with Gasteiger partial charge < -0.3 is 20.9 Å². The van der Waals surface area contributed by atoms with E-state index in [1.165, 1.54) is 6.07 Å². The number of aromatic nitrogens is 2. The number of carbonyl (C=O) groups excluding carboxylic acids is 1. The molecule has 2 aromatic rings. The van der Waals surface area contributed by atoms with Crippen LogP contribution in [0.1, 0.15) is 48.6 Å². The normalized spacial score (nSPS) is 17.9. The molecule has 0 spiro atoms. The number of hydrogen-bond donors (Lipinski definition) is 3. The number of nitrogens with zero attached hydrogens (tertiary/aromatic N) is 3. The Hall–Kier alpha value is -3.17. The third-order valence-electron chi connectivity index (χ3n) is 5.26. The van der Waals surface area contributed by atoms with Crippen molar-refractivity contribution in [1.82, 2.24) is 15.1 Å². The van der Waals surface area contributed by atoms with Crippen LogP contribution in [0.3, 0.4) is 0 Å². The van der Waals surface area contributed by atoms with Crippen molar-refractivity contribution in [2.45, 2.75) is 51.5 Å². The summed E-state index contributed by atoms with van der Waals surface area (Å²) < 4.78 is 1.65. The molecule has 0 saturated carbocycles. The van der Waals surface area contributed by atoms with Crippen molar-refractivity contribution in [1.29, 1.82) is 0 Å². The Morgan fingerprint density at radius 2 is 2.00 bits per heavy atom. The molecule has 3 N–H and O–H groups in total. The van der Waals surface area contributed by atoms with Gasteiger partial charge in [0.2, 0.25) is 5.91 Å². The third-order valence-corrected chi connectivity index (χ3v) is 5.26. The minimum Gasteiger partial charge on any atom is -0.733 e. The molecule has 0 unspecified atom stereocenters. The molecule has 0 aliphatic heterocycles. The van der Waals surface area contributed by atoms with Crippen LogP contribution in [-0.2, 0) is 9.59 Å². The number of anilines is 1. The van der Waals surface area contributed by atoms with Crippen LogP contribution < -0.4 is 10.5 Å². The number of carboxylic acids is 1. The highest BCUT2D eigenvalue weighted by atomic mass is 16.8. The van der Waals surface area contributed by atoms with Crippen LogP contribution in [0.4, 0.5) is 5.69 Å². The Labute approximate surface area is 174 Å². The molecule has 2 atom stereocenters. The Morgan fingerprint density at radius 1 is 1.27 bits per heavy atom. The number of amides is 1. The first kappa shape index (κ1) is 21.5. The maximum atomic E-state index is 12.0. The Morgan fingerprint density at radius 3 is 2.70 bits per heavy atom. The summed E-state index contributed by atoms with van der Waals surface area (Å²) in [5.74, 6) is -1.02. The Kier molecular flexibility index (Phi) is 6.53. The SMILES string of the molecule is Cc1nn(-c2ccccc2N([O-])O)c(C)c1[C@H]1C=C[C@@H](NC(=O)CCCC(=O)O)C1. The number of rotatable bonds is 8. The minimum absolute atomic E-state index is 0.0236. The number of nitrogens with one attached hydrogen (secondary N) is 1. The molecule has 30 heavy (non-hydrogen) atoms. The second-order valence-electron chi connectivity index (χ2n) is 7.41. The maximum absolute atomic E-state index is 12.0. The van der Waals surface area contributed by atoms with Gasteiger partial charge in [-0.1, -0.05) is 24.3 Å². The van der Waals surface area contributed by atoms with E-state index in [9.17, 15) is 20.0 Å². The fraction of sp³-hybridized carbons (Fsp3) is 0.381.